The van der Waals surface area contributed by atoms with E-state index in [1.165, 1.54) is 36.7 Å². The van der Waals surface area contributed by atoms with E-state index in [0.717, 1.165) is 11.1 Å². The summed E-state index contributed by atoms with van der Waals surface area (Å²) < 4.78 is 3.04. The van der Waals surface area contributed by atoms with Gasteiger partial charge in [0.15, 0.2) is 0 Å². The van der Waals surface area contributed by atoms with Crippen LogP contribution in [0.1, 0.15) is 56.6 Å². The molecule has 6 heteroatoms. The van der Waals surface area contributed by atoms with E-state index in [2.05, 4.69) is 17.2 Å². The van der Waals surface area contributed by atoms with Crippen LogP contribution < -0.4 is 11.0 Å². The molecule has 140 valence electrons. The number of aromatic nitrogens is 2. The van der Waals surface area contributed by atoms with Crippen LogP contribution in [0.15, 0.2) is 23.0 Å². The van der Waals surface area contributed by atoms with Crippen molar-refractivity contribution in [1.29, 1.82) is 0 Å². The molecule has 2 aromatic rings. The van der Waals surface area contributed by atoms with E-state index in [9.17, 15) is 14.4 Å². The van der Waals surface area contributed by atoms with E-state index in [1.54, 1.807) is 11.6 Å². The third-order valence-corrected chi connectivity index (χ3v) is 5.64. The first-order valence-electron chi connectivity index (χ1n) is 9.61. The molecule has 1 aromatic carbocycles. The van der Waals surface area contributed by atoms with Crippen LogP contribution in [0.5, 0.6) is 0 Å². The fourth-order valence-corrected chi connectivity index (χ4v) is 4.10. The number of nitrogens with one attached hydrogen (secondary N) is 1. The standard InChI is InChI=1S/C21H23N3O3/c1-23-18-13-15(8-7-14-5-3-2-4-6-14)9-10-16(18)24(21(23)27)17-11-12-19(25)22-20(17)26/h9-10,13-14,17H,2-6,11-12H2,1H3,(H,22,25,26). The van der Waals surface area contributed by atoms with Crippen LogP contribution in [0, 0.1) is 17.8 Å². The third kappa shape index (κ3) is 3.30. The van der Waals surface area contributed by atoms with E-state index in [1.807, 2.05) is 18.2 Å². The van der Waals surface area contributed by atoms with Crippen LogP contribution in [0.3, 0.4) is 0 Å². The summed E-state index contributed by atoms with van der Waals surface area (Å²) in [5, 5.41) is 2.33. The fraction of sp³-hybridized carbons (Fsp3) is 0.476. The van der Waals surface area contributed by atoms with Gasteiger partial charge in [0.2, 0.25) is 11.8 Å². The number of piperidine rings is 1. The molecule has 1 N–H and O–H groups in total. The van der Waals surface area contributed by atoms with Crippen molar-refractivity contribution in [3.05, 3.63) is 34.2 Å². The number of fused-ring (bicyclic) bond motifs is 1. The zero-order valence-corrected chi connectivity index (χ0v) is 15.5. The second-order valence-corrected chi connectivity index (χ2v) is 7.49. The lowest BCUT2D eigenvalue weighted by atomic mass is 9.90. The minimum absolute atomic E-state index is 0.240. The topological polar surface area (TPSA) is 73.1 Å². The van der Waals surface area contributed by atoms with E-state index in [0.29, 0.717) is 17.9 Å². The summed E-state index contributed by atoms with van der Waals surface area (Å²) in [6, 6.07) is 5.01. The average Bonchev–Trinajstić information content (AvgIpc) is 2.92. The van der Waals surface area contributed by atoms with Gasteiger partial charge in [0.25, 0.3) is 0 Å². The Kier molecular flexibility index (Phi) is 4.61. The number of rotatable bonds is 1. The number of carbonyl (C=O) groups is 2. The Morgan fingerprint density at radius 3 is 2.56 bits per heavy atom. The molecule has 2 fully saturated rings. The smallest absolute Gasteiger partial charge is 0.295 e. The molecule has 1 saturated carbocycles. The molecule has 2 aliphatic rings. The van der Waals surface area contributed by atoms with Crippen LogP contribution in [-0.4, -0.2) is 20.9 Å². The predicted octanol–water partition coefficient (Wildman–Crippen LogP) is 2.25. The largest absolute Gasteiger partial charge is 0.329 e. The molecule has 4 rings (SSSR count). The molecular formula is C21H23N3O3. The number of nitrogens with zero attached hydrogens (tertiary/aromatic N) is 2. The summed E-state index contributed by atoms with van der Waals surface area (Å²) in [4.78, 5) is 36.4. The molecule has 1 aromatic heterocycles. The Hall–Kier alpha value is -2.81. The molecule has 1 atom stereocenters. The molecule has 1 unspecified atom stereocenters. The molecular weight excluding hydrogens is 342 g/mol. The Morgan fingerprint density at radius 1 is 1.04 bits per heavy atom. The van der Waals surface area contributed by atoms with Crippen LogP contribution >= 0.6 is 0 Å². The van der Waals surface area contributed by atoms with E-state index in [4.69, 9.17) is 0 Å². The highest BCUT2D eigenvalue weighted by atomic mass is 16.2. The van der Waals surface area contributed by atoms with E-state index in [-0.39, 0.29) is 18.0 Å². The number of hydrogen-bond acceptors (Lipinski definition) is 3. The number of amides is 2. The molecule has 6 nitrogen and oxygen atoms in total. The molecule has 2 heterocycles. The Morgan fingerprint density at radius 2 is 1.81 bits per heavy atom. The van der Waals surface area contributed by atoms with Gasteiger partial charge in [-0.1, -0.05) is 31.1 Å². The van der Waals surface area contributed by atoms with Crippen molar-refractivity contribution in [2.75, 3.05) is 0 Å². The highest BCUT2D eigenvalue weighted by Crippen LogP contribution is 2.25. The van der Waals surface area contributed by atoms with Crippen molar-refractivity contribution in [2.24, 2.45) is 13.0 Å². The third-order valence-electron chi connectivity index (χ3n) is 5.64. The maximum atomic E-state index is 12.8. The zero-order chi connectivity index (χ0) is 19.0. The zero-order valence-electron chi connectivity index (χ0n) is 15.5. The van der Waals surface area contributed by atoms with Crippen molar-refractivity contribution in [1.82, 2.24) is 14.5 Å². The Labute approximate surface area is 157 Å². The van der Waals surface area contributed by atoms with Gasteiger partial charge in [-0.3, -0.25) is 24.0 Å². The number of hydrogen-bond donors (Lipinski definition) is 1. The van der Waals surface area contributed by atoms with Gasteiger partial charge in [-0.15, -0.1) is 0 Å². The van der Waals surface area contributed by atoms with E-state index >= 15 is 0 Å². The van der Waals surface area contributed by atoms with Crippen molar-refractivity contribution < 1.29 is 9.59 Å². The summed E-state index contributed by atoms with van der Waals surface area (Å²) in [6.07, 6.45) is 6.72. The van der Waals surface area contributed by atoms with Crippen molar-refractivity contribution >= 4 is 22.8 Å². The van der Waals surface area contributed by atoms with Gasteiger partial charge in [-0.05, 0) is 37.5 Å². The SMILES string of the molecule is Cn1c(=O)n(C2CCC(=O)NC2=O)c2ccc(C#CC3CCCCC3)cc21. The number of imide groups is 1. The van der Waals surface area contributed by atoms with Crippen LogP contribution in [0.25, 0.3) is 11.0 Å². The summed E-state index contributed by atoms with van der Waals surface area (Å²) in [6.45, 7) is 0. The normalized spacial score (nSPS) is 21.0. The number of aryl methyl sites for hydroxylation is 1. The lowest BCUT2D eigenvalue weighted by molar-refractivity contribution is -0.135. The van der Waals surface area contributed by atoms with Gasteiger partial charge >= 0.3 is 5.69 Å². The van der Waals surface area contributed by atoms with Gasteiger partial charge in [-0.25, -0.2) is 4.79 Å². The molecule has 1 saturated heterocycles. The number of imidazole rings is 1. The second kappa shape index (κ2) is 7.07. The minimum atomic E-state index is -0.655. The monoisotopic (exact) mass is 365 g/mol. The maximum Gasteiger partial charge on any atom is 0.329 e. The van der Waals surface area contributed by atoms with Crippen LogP contribution in [0.2, 0.25) is 0 Å². The van der Waals surface area contributed by atoms with Crippen LogP contribution in [-0.2, 0) is 16.6 Å². The molecule has 0 radical (unpaired) electrons. The van der Waals surface area contributed by atoms with Crippen molar-refractivity contribution in [3.8, 4) is 11.8 Å². The van der Waals surface area contributed by atoms with Crippen LogP contribution in [0.4, 0.5) is 0 Å². The summed E-state index contributed by atoms with van der Waals surface area (Å²) in [5.41, 5.74) is 2.07. The number of benzene rings is 1. The summed E-state index contributed by atoms with van der Waals surface area (Å²) in [5.74, 6) is 6.39. The molecule has 0 bridgehead atoms. The highest BCUT2D eigenvalue weighted by molar-refractivity contribution is 6.00. The average molecular weight is 365 g/mol. The molecule has 27 heavy (non-hydrogen) atoms. The Balaban J connectivity index is 1.70. The number of carbonyl (C=O) groups excluding carboxylic acids is 2. The first-order valence-corrected chi connectivity index (χ1v) is 9.61. The fourth-order valence-electron chi connectivity index (χ4n) is 4.10. The maximum absolute atomic E-state index is 12.8. The first kappa shape index (κ1) is 17.6. The van der Waals surface area contributed by atoms with Gasteiger partial charge in [0.05, 0.1) is 11.0 Å². The van der Waals surface area contributed by atoms with Gasteiger partial charge < -0.3 is 0 Å². The minimum Gasteiger partial charge on any atom is -0.295 e. The van der Waals surface area contributed by atoms with Crippen molar-refractivity contribution in [2.45, 2.75) is 51.0 Å². The second-order valence-electron chi connectivity index (χ2n) is 7.49. The lowest BCUT2D eigenvalue weighted by Crippen LogP contribution is -2.44. The van der Waals surface area contributed by atoms with Gasteiger partial charge in [-0.2, -0.15) is 0 Å². The quantitative estimate of drug-likeness (QED) is 0.622. The molecule has 1 aliphatic heterocycles. The van der Waals surface area contributed by atoms with Crippen molar-refractivity contribution in [3.63, 3.8) is 0 Å². The predicted molar refractivity (Wildman–Crippen MR) is 102 cm³/mol. The highest BCUT2D eigenvalue weighted by Gasteiger charge is 2.31. The lowest BCUT2D eigenvalue weighted by Gasteiger charge is -2.21. The van der Waals surface area contributed by atoms with E-state index < -0.39 is 11.9 Å². The summed E-state index contributed by atoms with van der Waals surface area (Å²) in [7, 11) is 1.70. The summed E-state index contributed by atoms with van der Waals surface area (Å²) >= 11 is 0. The molecule has 2 amide bonds. The first-order chi connectivity index (χ1) is 13.0. The molecule has 1 aliphatic carbocycles. The van der Waals surface area contributed by atoms with Gasteiger partial charge in [0, 0.05) is 24.9 Å². The Bertz CT molecular complexity index is 1030. The molecule has 0 spiro atoms. The van der Waals surface area contributed by atoms with Gasteiger partial charge in [0.1, 0.15) is 6.04 Å².